The zero-order chi connectivity index (χ0) is 30.9. The zero-order valence-electron chi connectivity index (χ0n) is 25.7. The molecule has 2 fully saturated rings. The van der Waals surface area contributed by atoms with Gasteiger partial charge in [-0.25, -0.2) is 0 Å². The summed E-state index contributed by atoms with van der Waals surface area (Å²) in [5.74, 6) is 0. The van der Waals surface area contributed by atoms with Crippen LogP contribution in [-0.2, 0) is 0 Å². The molecule has 6 unspecified atom stereocenters. The van der Waals surface area contributed by atoms with Crippen LogP contribution in [0.15, 0.2) is 164 Å². The number of fused-ring (bicyclic) bond motifs is 6. The Balaban J connectivity index is 1.14. The van der Waals surface area contributed by atoms with E-state index in [0.29, 0.717) is 0 Å². The van der Waals surface area contributed by atoms with E-state index in [0.717, 1.165) is 5.69 Å². The van der Waals surface area contributed by atoms with E-state index in [1.807, 2.05) is 0 Å². The maximum absolute atomic E-state index is 3.98. The van der Waals surface area contributed by atoms with Crippen molar-refractivity contribution < 1.29 is 0 Å². The molecule has 0 aliphatic carbocycles. The molecule has 6 atom stereocenters. The van der Waals surface area contributed by atoms with Crippen molar-refractivity contribution in [2.45, 2.75) is 24.7 Å². The van der Waals surface area contributed by atoms with Gasteiger partial charge in [0.15, 0.2) is 0 Å². The monoisotopic (exact) mass is 607 g/mol. The van der Waals surface area contributed by atoms with Crippen LogP contribution in [0.4, 0.5) is 17.1 Å². The lowest BCUT2D eigenvalue weighted by Crippen LogP contribution is -2.27. The molecule has 0 saturated carbocycles. The highest BCUT2D eigenvalue weighted by Gasteiger charge is 2.60. The van der Waals surface area contributed by atoms with Gasteiger partial charge in [-0.3, -0.25) is 5.32 Å². The van der Waals surface area contributed by atoms with E-state index < -0.39 is 0 Å². The van der Waals surface area contributed by atoms with Crippen molar-refractivity contribution in [1.29, 1.82) is 0 Å². The molecule has 0 aromatic heterocycles. The Kier molecular flexibility index (Phi) is 5.99. The highest BCUT2D eigenvalue weighted by atomic mass is 15.9. The van der Waals surface area contributed by atoms with Crippen molar-refractivity contribution in [2.75, 3.05) is 10.2 Å². The van der Waals surface area contributed by atoms with Gasteiger partial charge in [-0.15, -0.1) is 0 Å². The molecule has 10 rings (SSSR count). The van der Waals surface area contributed by atoms with E-state index in [1.165, 1.54) is 55.2 Å². The second kappa shape index (κ2) is 10.5. The Morgan fingerprint density at radius 1 is 0.447 bits per heavy atom. The fourth-order valence-corrected chi connectivity index (χ4v) is 7.87. The maximum Gasteiger partial charge on any atom is 0.130 e. The topological polar surface area (TPSA) is 33.3 Å². The van der Waals surface area contributed by atoms with Gasteiger partial charge < -0.3 is 10.2 Å². The minimum atomic E-state index is -0.0152. The first kappa shape index (κ1) is 26.7. The fraction of sp³-hybridized carbons (Fsp3) is 0.0952. The molecule has 47 heavy (non-hydrogen) atoms. The molecule has 0 amide bonds. The molecule has 2 saturated heterocycles. The van der Waals surface area contributed by atoms with Gasteiger partial charge in [-0.05, 0) is 62.7 Å². The Hall–Kier alpha value is -5.46. The zero-order valence-corrected chi connectivity index (χ0v) is 25.7. The summed E-state index contributed by atoms with van der Waals surface area (Å²) >= 11 is 0. The Bertz CT molecular complexity index is 2240. The van der Waals surface area contributed by atoms with Gasteiger partial charge in [0.2, 0.25) is 0 Å². The summed E-state index contributed by atoms with van der Waals surface area (Å²) in [5, 5.41) is 17.9. The number of hydrazine groups is 1. The van der Waals surface area contributed by atoms with Gasteiger partial charge in [0.25, 0.3) is 0 Å². The minimum Gasteiger partial charge on any atom is -0.359 e. The Morgan fingerprint density at radius 3 is 1.66 bits per heavy atom. The SMILES string of the molecule is c1ccc(C2Nc3ccc4ccc5ccc(C6NC(c7ccccc7)N7C(c8ccccc8)N67)cc5c4c3N2c2ccccc2)cc1. The summed E-state index contributed by atoms with van der Waals surface area (Å²) in [5.41, 5.74) is 8.64. The quantitative estimate of drug-likeness (QED) is 0.150. The highest BCUT2D eigenvalue weighted by molar-refractivity contribution is 6.18. The summed E-state index contributed by atoms with van der Waals surface area (Å²) in [7, 11) is 0. The molecule has 5 nitrogen and oxygen atoms in total. The number of hydrogen-bond acceptors (Lipinski definition) is 5. The third-order valence-corrected chi connectivity index (χ3v) is 10.0. The Morgan fingerprint density at radius 2 is 0.979 bits per heavy atom. The summed E-state index contributed by atoms with van der Waals surface area (Å²) in [6.45, 7) is 0. The van der Waals surface area contributed by atoms with E-state index in [9.17, 15) is 0 Å². The maximum atomic E-state index is 3.98. The van der Waals surface area contributed by atoms with Crippen molar-refractivity contribution in [3.8, 4) is 0 Å². The van der Waals surface area contributed by atoms with Crippen molar-refractivity contribution in [2.24, 2.45) is 0 Å². The predicted molar refractivity (Wildman–Crippen MR) is 191 cm³/mol. The van der Waals surface area contributed by atoms with E-state index in [-0.39, 0.29) is 24.7 Å². The van der Waals surface area contributed by atoms with Crippen molar-refractivity contribution in [3.05, 3.63) is 186 Å². The molecule has 3 aliphatic heterocycles. The number of anilines is 3. The van der Waals surface area contributed by atoms with Crippen LogP contribution in [0.2, 0.25) is 0 Å². The number of para-hydroxylation sites is 1. The number of rotatable bonds is 5. The van der Waals surface area contributed by atoms with Gasteiger partial charge in [-0.1, -0.05) is 140 Å². The Labute approximate surface area is 274 Å². The van der Waals surface area contributed by atoms with Crippen molar-refractivity contribution >= 4 is 38.6 Å². The van der Waals surface area contributed by atoms with Crippen molar-refractivity contribution in [1.82, 2.24) is 15.3 Å². The average molecular weight is 608 g/mol. The van der Waals surface area contributed by atoms with Gasteiger partial charge in [0.1, 0.15) is 24.7 Å². The number of nitrogens with zero attached hydrogens (tertiary/aromatic N) is 3. The lowest BCUT2D eigenvalue weighted by atomic mass is 9.96. The largest absolute Gasteiger partial charge is 0.359 e. The summed E-state index contributed by atoms with van der Waals surface area (Å²) in [6.07, 6.45) is 0.355. The fourth-order valence-electron chi connectivity index (χ4n) is 7.87. The number of hydrogen-bond donors (Lipinski definition) is 2. The van der Waals surface area contributed by atoms with Crippen molar-refractivity contribution in [3.63, 3.8) is 0 Å². The predicted octanol–water partition coefficient (Wildman–Crippen LogP) is 9.79. The number of benzene rings is 7. The molecule has 3 aliphatic rings. The average Bonchev–Trinajstić information content (AvgIpc) is 3.54. The smallest absolute Gasteiger partial charge is 0.130 e. The van der Waals surface area contributed by atoms with Gasteiger partial charge >= 0.3 is 0 Å². The minimum absolute atomic E-state index is 0.0152. The van der Waals surface area contributed by atoms with E-state index in [4.69, 9.17) is 0 Å². The molecule has 0 spiro atoms. The third-order valence-electron chi connectivity index (χ3n) is 10.0. The molecule has 7 aromatic carbocycles. The first-order chi connectivity index (χ1) is 23.3. The first-order valence-electron chi connectivity index (χ1n) is 16.4. The molecule has 0 radical (unpaired) electrons. The molecule has 5 heteroatoms. The molecule has 3 heterocycles. The lowest BCUT2D eigenvalue weighted by Gasteiger charge is -2.28. The molecule has 7 aromatic rings. The van der Waals surface area contributed by atoms with E-state index in [2.05, 4.69) is 189 Å². The molecule has 0 bridgehead atoms. The number of nitrogens with one attached hydrogen (secondary N) is 2. The normalized spacial score (nSPS) is 24.2. The van der Waals surface area contributed by atoms with Gasteiger partial charge in [0, 0.05) is 11.1 Å². The second-order valence-corrected chi connectivity index (χ2v) is 12.7. The van der Waals surface area contributed by atoms with Crippen LogP contribution in [0.5, 0.6) is 0 Å². The van der Waals surface area contributed by atoms with Crippen LogP contribution >= 0.6 is 0 Å². The molecular formula is C42H33N5. The molecule has 226 valence electrons. The highest BCUT2D eigenvalue weighted by Crippen LogP contribution is 2.57. The summed E-state index contributed by atoms with van der Waals surface area (Å²) in [4.78, 5) is 2.48. The van der Waals surface area contributed by atoms with Crippen LogP contribution in [0, 0.1) is 0 Å². The second-order valence-electron chi connectivity index (χ2n) is 12.7. The van der Waals surface area contributed by atoms with Gasteiger partial charge in [-0.2, -0.15) is 10.0 Å². The lowest BCUT2D eigenvalue weighted by molar-refractivity contribution is 0.314. The summed E-state index contributed by atoms with van der Waals surface area (Å²) < 4.78 is 0. The summed E-state index contributed by atoms with van der Waals surface area (Å²) in [6, 6.07) is 59.3. The van der Waals surface area contributed by atoms with Crippen LogP contribution < -0.4 is 15.5 Å². The van der Waals surface area contributed by atoms with Crippen LogP contribution in [0.1, 0.15) is 46.9 Å². The molecular weight excluding hydrogens is 574 g/mol. The van der Waals surface area contributed by atoms with E-state index in [1.54, 1.807) is 0 Å². The van der Waals surface area contributed by atoms with Crippen LogP contribution in [-0.4, -0.2) is 10.0 Å². The first-order valence-corrected chi connectivity index (χ1v) is 16.4. The van der Waals surface area contributed by atoms with E-state index >= 15 is 0 Å². The van der Waals surface area contributed by atoms with Crippen LogP contribution in [0.25, 0.3) is 21.5 Å². The third kappa shape index (κ3) is 4.21. The molecule has 2 N–H and O–H groups in total. The van der Waals surface area contributed by atoms with Gasteiger partial charge in [0.05, 0.1) is 11.4 Å². The van der Waals surface area contributed by atoms with Crippen LogP contribution in [0.3, 0.4) is 0 Å². The standard InChI is InChI=1S/C42H33N5/c1-5-13-30(14-6-1)39-43-36-26-25-29-23-21-28-22-24-33(27-35(28)37(29)38(36)45(39)34-19-11-4-12-20-34)41-44-40(31-15-7-2-8-16-31)46-42(47(41)46)32-17-9-3-10-18-32/h1-27,39-44H.